The summed E-state index contributed by atoms with van der Waals surface area (Å²) < 4.78 is 23.9. The Bertz CT molecular complexity index is 560. The summed E-state index contributed by atoms with van der Waals surface area (Å²) in [5, 5.41) is 0.697. The van der Waals surface area contributed by atoms with Crippen LogP contribution in [0.5, 0.6) is 0 Å². The Labute approximate surface area is 116 Å². The Balaban J connectivity index is 2.96. The maximum absolute atomic E-state index is 11.5. The molecule has 1 amide bonds. The van der Waals surface area contributed by atoms with Gasteiger partial charge < -0.3 is 5.73 Å². The third-order valence-electron chi connectivity index (χ3n) is 2.14. The fourth-order valence-electron chi connectivity index (χ4n) is 1.31. The quantitative estimate of drug-likeness (QED) is 0.888. The summed E-state index contributed by atoms with van der Waals surface area (Å²) in [6.45, 7) is -0.363. The van der Waals surface area contributed by atoms with E-state index in [1.807, 2.05) is 0 Å². The summed E-state index contributed by atoms with van der Waals surface area (Å²) in [7, 11) is -3.52. The molecule has 0 bridgehead atoms. The number of nitrogens with zero attached hydrogens (tertiary/aromatic N) is 1. The van der Waals surface area contributed by atoms with Crippen molar-refractivity contribution in [2.45, 2.75) is 6.54 Å². The fourth-order valence-corrected chi connectivity index (χ4v) is 2.37. The van der Waals surface area contributed by atoms with E-state index in [2.05, 4.69) is 0 Å². The van der Waals surface area contributed by atoms with E-state index in [9.17, 15) is 13.2 Å². The molecule has 0 aliphatic rings. The first-order valence-electron chi connectivity index (χ1n) is 4.87. The number of amides is 1. The van der Waals surface area contributed by atoms with Gasteiger partial charge in [-0.15, -0.1) is 0 Å². The highest BCUT2D eigenvalue weighted by Crippen LogP contribution is 2.23. The van der Waals surface area contributed by atoms with Crippen molar-refractivity contribution in [2.24, 2.45) is 5.73 Å². The Morgan fingerprint density at radius 1 is 1.33 bits per heavy atom. The molecule has 0 saturated heterocycles. The van der Waals surface area contributed by atoms with Crippen LogP contribution in [0.4, 0.5) is 0 Å². The Morgan fingerprint density at radius 3 is 2.39 bits per heavy atom. The van der Waals surface area contributed by atoms with Gasteiger partial charge in [-0.1, -0.05) is 29.3 Å². The third kappa shape index (κ3) is 4.45. The van der Waals surface area contributed by atoms with Crippen molar-refractivity contribution in [1.29, 1.82) is 0 Å². The molecule has 0 unspecified atom stereocenters. The van der Waals surface area contributed by atoms with Crippen molar-refractivity contribution < 1.29 is 13.2 Å². The lowest BCUT2D eigenvalue weighted by atomic mass is 10.2. The molecule has 0 heterocycles. The van der Waals surface area contributed by atoms with Crippen LogP contribution in [0.2, 0.25) is 10.0 Å². The van der Waals surface area contributed by atoms with Gasteiger partial charge in [0.05, 0.1) is 22.8 Å². The first-order chi connectivity index (χ1) is 8.20. The van der Waals surface area contributed by atoms with Crippen LogP contribution in [0.15, 0.2) is 18.2 Å². The maximum Gasteiger partial charge on any atom is 0.232 e. The van der Waals surface area contributed by atoms with Gasteiger partial charge in [-0.2, -0.15) is 4.31 Å². The standard InChI is InChI=1S/C10H12Cl2N2O3S/c1-18(16,17)14(6-10(13)15)5-7-2-3-8(11)9(12)4-7/h2-4H,5-6H2,1H3,(H2,13,15). The average molecular weight is 311 g/mol. The predicted octanol–water partition coefficient (Wildman–Crippen LogP) is 1.24. The van der Waals surface area contributed by atoms with Crippen LogP contribution in [0.3, 0.4) is 0 Å². The first-order valence-corrected chi connectivity index (χ1v) is 7.48. The molecule has 0 aromatic heterocycles. The van der Waals surface area contributed by atoms with Gasteiger partial charge in [-0.25, -0.2) is 8.42 Å². The number of halogens is 2. The lowest BCUT2D eigenvalue weighted by molar-refractivity contribution is -0.118. The molecule has 0 aliphatic heterocycles. The lowest BCUT2D eigenvalue weighted by Crippen LogP contribution is -2.37. The number of nitrogens with two attached hydrogens (primary N) is 1. The number of primary amides is 1. The zero-order chi connectivity index (χ0) is 13.9. The molecule has 18 heavy (non-hydrogen) atoms. The highest BCUT2D eigenvalue weighted by atomic mass is 35.5. The van der Waals surface area contributed by atoms with E-state index in [0.29, 0.717) is 15.6 Å². The van der Waals surface area contributed by atoms with Crippen molar-refractivity contribution in [3.63, 3.8) is 0 Å². The van der Waals surface area contributed by atoms with Crippen molar-refractivity contribution in [2.75, 3.05) is 12.8 Å². The minimum Gasteiger partial charge on any atom is -0.369 e. The monoisotopic (exact) mass is 310 g/mol. The number of rotatable bonds is 5. The zero-order valence-electron chi connectivity index (χ0n) is 9.56. The molecular formula is C10H12Cl2N2O3S. The Kier molecular flexibility index (Phi) is 4.98. The number of sulfonamides is 1. The van der Waals surface area contributed by atoms with Gasteiger partial charge in [0.15, 0.2) is 0 Å². The van der Waals surface area contributed by atoms with Gasteiger partial charge in [0.2, 0.25) is 15.9 Å². The summed E-state index contributed by atoms with van der Waals surface area (Å²) in [4.78, 5) is 10.8. The normalized spacial score (nSPS) is 11.8. The molecule has 100 valence electrons. The van der Waals surface area contributed by atoms with Crippen LogP contribution in [0, 0.1) is 0 Å². The minimum atomic E-state index is -3.52. The zero-order valence-corrected chi connectivity index (χ0v) is 11.9. The van der Waals surface area contributed by atoms with E-state index in [4.69, 9.17) is 28.9 Å². The molecule has 1 rings (SSSR count). The molecule has 0 radical (unpaired) electrons. The van der Waals surface area contributed by atoms with E-state index in [0.717, 1.165) is 10.6 Å². The smallest absolute Gasteiger partial charge is 0.232 e. The number of carbonyl (C=O) groups excluding carboxylic acids is 1. The van der Waals surface area contributed by atoms with Crippen molar-refractivity contribution in [3.8, 4) is 0 Å². The maximum atomic E-state index is 11.5. The Morgan fingerprint density at radius 2 is 1.94 bits per heavy atom. The highest BCUT2D eigenvalue weighted by molar-refractivity contribution is 7.88. The largest absolute Gasteiger partial charge is 0.369 e. The number of hydrogen-bond acceptors (Lipinski definition) is 3. The third-order valence-corrected chi connectivity index (χ3v) is 4.08. The van der Waals surface area contributed by atoms with Crippen molar-refractivity contribution in [3.05, 3.63) is 33.8 Å². The van der Waals surface area contributed by atoms with E-state index < -0.39 is 15.9 Å². The molecule has 0 aliphatic carbocycles. The fraction of sp³-hybridized carbons (Fsp3) is 0.300. The van der Waals surface area contributed by atoms with Gasteiger partial charge in [-0.05, 0) is 17.7 Å². The number of benzene rings is 1. The number of carbonyl (C=O) groups is 1. The molecular weight excluding hydrogens is 299 g/mol. The van der Waals surface area contributed by atoms with E-state index in [1.54, 1.807) is 18.2 Å². The minimum absolute atomic E-state index is 0.0126. The highest BCUT2D eigenvalue weighted by Gasteiger charge is 2.19. The molecule has 2 N–H and O–H groups in total. The van der Waals surface area contributed by atoms with E-state index in [1.165, 1.54) is 0 Å². The molecule has 0 saturated carbocycles. The number of hydrogen-bond donors (Lipinski definition) is 1. The molecule has 8 heteroatoms. The van der Waals surface area contributed by atoms with Gasteiger partial charge in [0, 0.05) is 6.54 Å². The average Bonchev–Trinajstić information content (AvgIpc) is 2.20. The molecule has 0 atom stereocenters. The molecule has 0 fully saturated rings. The van der Waals surface area contributed by atoms with Crippen molar-refractivity contribution >= 4 is 39.1 Å². The molecule has 5 nitrogen and oxygen atoms in total. The Hall–Kier alpha value is -0.820. The van der Waals surface area contributed by atoms with Crippen LogP contribution >= 0.6 is 23.2 Å². The lowest BCUT2D eigenvalue weighted by Gasteiger charge is -2.18. The summed E-state index contributed by atoms with van der Waals surface area (Å²) in [6, 6.07) is 4.74. The summed E-state index contributed by atoms with van der Waals surface area (Å²) in [6.07, 6.45) is 1.01. The topological polar surface area (TPSA) is 80.5 Å². The van der Waals surface area contributed by atoms with E-state index >= 15 is 0 Å². The van der Waals surface area contributed by atoms with Crippen LogP contribution in [0.1, 0.15) is 5.56 Å². The van der Waals surface area contributed by atoms with Gasteiger partial charge in [0.1, 0.15) is 0 Å². The summed E-state index contributed by atoms with van der Waals surface area (Å²) >= 11 is 11.6. The SMILES string of the molecule is CS(=O)(=O)N(CC(N)=O)Cc1ccc(Cl)c(Cl)c1. The molecule has 1 aromatic carbocycles. The predicted molar refractivity (Wildman–Crippen MR) is 70.9 cm³/mol. The van der Waals surface area contributed by atoms with Crippen LogP contribution < -0.4 is 5.73 Å². The molecule has 1 aromatic rings. The van der Waals surface area contributed by atoms with Crippen molar-refractivity contribution in [1.82, 2.24) is 4.31 Å². The first kappa shape index (κ1) is 15.2. The van der Waals surface area contributed by atoms with Gasteiger partial charge in [-0.3, -0.25) is 4.79 Å². The van der Waals surface area contributed by atoms with Gasteiger partial charge in [0.25, 0.3) is 0 Å². The van der Waals surface area contributed by atoms with Gasteiger partial charge >= 0.3 is 0 Å². The second kappa shape index (κ2) is 5.88. The summed E-state index contributed by atoms with van der Waals surface area (Å²) in [5.41, 5.74) is 5.63. The second-order valence-corrected chi connectivity index (χ2v) is 6.54. The van der Waals surface area contributed by atoms with E-state index in [-0.39, 0.29) is 13.1 Å². The van der Waals surface area contributed by atoms with Crippen LogP contribution in [0.25, 0.3) is 0 Å². The second-order valence-electron chi connectivity index (χ2n) is 3.75. The van der Waals surface area contributed by atoms with Crippen LogP contribution in [-0.2, 0) is 21.4 Å². The summed E-state index contributed by atoms with van der Waals surface area (Å²) in [5.74, 6) is -0.722. The molecule has 0 spiro atoms. The van der Waals surface area contributed by atoms with Crippen LogP contribution in [-0.4, -0.2) is 31.4 Å².